The van der Waals surface area contributed by atoms with E-state index < -0.39 is 0 Å². The summed E-state index contributed by atoms with van der Waals surface area (Å²) in [6.07, 6.45) is 2.50. The van der Waals surface area contributed by atoms with Gasteiger partial charge >= 0.3 is 0 Å². The summed E-state index contributed by atoms with van der Waals surface area (Å²) in [6.45, 7) is 2.13. The van der Waals surface area contributed by atoms with Crippen LogP contribution in [0.3, 0.4) is 0 Å². The fourth-order valence-electron chi connectivity index (χ4n) is 2.60. The minimum atomic E-state index is 0.582. The molecule has 1 aliphatic rings. The van der Waals surface area contributed by atoms with Crippen molar-refractivity contribution in [2.75, 3.05) is 37.8 Å². The predicted molar refractivity (Wildman–Crippen MR) is 74.5 cm³/mol. The molecule has 0 spiro atoms. The van der Waals surface area contributed by atoms with E-state index in [0.29, 0.717) is 17.3 Å². The molecule has 4 nitrogen and oxygen atoms in total. The van der Waals surface area contributed by atoms with Gasteiger partial charge in [0.15, 0.2) is 0 Å². The highest BCUT2D eigenvalue weighted by Gasteiger charge is 2.22. The van der Waals surface area contributed by atoms with Crippen LogP contribution in [-0.4, -0.2) is 38.1 Å². The van der Waals surface area contributed by atoms with Crippen molar-refractivity contribution in [3.8, 4) is 6.07 Å². The van der Waals surface area contributed by atoms with Crippen LogP contribution < -0.4 is 10.6 Å². The van der Waals surface area contributed by atoms with Gasteiger partial charge in [-0.3, -0.25) is 0 Å². The van der Waals surface area contributed by atoms with Crippen LogP contribution in [0.5, 0.6) is 0 Å². The van der Waals surface area contributed by atoms with Crippen LogP contribution in [0.4, 0.5) is 11.4 Å². The number of nitriles is 1. The number of hydrogen-bond acceptors (Lipinski definition) is 4. The minimum Gasteiger partial charge on any atom is -0.399 e. The molecule has 1 aromatic carbocycles. The molecule has 1 fully saturated rings. The molecule has 0 radical (unpaired) electrons. The van der Waals surface area contributed by atoms with Crippen molar-refractivity contribution in [3.05, 3.63) is 23.8 Å². The van der Waals surface area contributed by atoms with Gasteiger partial charge in [-0.1, -0.05) is 0 Å². The van der Waals surface area contributed by atoms with E-state index >= 15 is 0 Å². The molecule has 1 aromatic rings. The van der Waals surface area contributed by atoms with Crippen molar-refractivity contribution in [1.29, 1.82) is 5.26 Å². The quantitative estimate of drug-likeness (QED) is 0.822. The fraction of sp³-hybridized carbons (Fsp3) is 0.500. The molecule has 0 bridgehead atoms. The molecule has 4 heteroatoms. The van der Waals surface area contributed by atoms with Gasteiger partial charge in [0.2, 0.25) is 0 Å². The van der Waals surface area contributed by atoms with Crippen LogP contribution in [-0.2, 0) is 0 Å². The third-order valence-electron chi connectivity index (χ3n) is 3.71. The number of rotatable bonds is 3. The Morgan fingerprint density at radius 1 is 1.56 bits per heavy atom. The molecule has 2 N–H and O–H groups in total. The summed E-state index contributed by atoms with van der Waals surface area (Å²) in [7, 11) is 4.21. The second kappa shape index (κ2) is 5.28. The predicted octanol–water partition coefficient (Wildman–Crippen LogP) is 1.67. The van der Waals surface area contributed by atoms with Crippen LogP contribution in [0, 0.1) is 11.3 Å². The average Bonchev–Trinajstić information content (AvgIpc) is 2.74. The van der Waals surface area contributed by atoms with Crippen LogP contribution in [0.15, 0.2) is 18.2 Å². The summed E-state index contributed by atoms with van der Waals surface area (Å²) in [5.74, 6) is 0. The SMILES string of the molecule is CN(CC1CCCN1C)c1ccc(N)cc1C#N. The number of hydrogen-bond donors (Lipinski definition) is 1. The van der Waals surface area contributed by atoms with E-state index in [2.05, 4.69) is 22.9 Å². The number of anilines is 2. The summed E-state index contributed by atoms with van der Waals surface area (Å²) in [4.78, 5) is 4.55. The Morgan fingerprint density at radius 2 is 2.33 bits per heavy atom. The van der Waals surface area contributed by atoms with Crippen molar-refractivity contribution in [2.24, 2.45) is 0 Å². The van der Waals surface area contributed by atoms with E-state index in [-0.39, 0.29) is 0 Å². The summed E-state index contributed by atoms with van der Waals surface area (Å²) >= 11 is 0. The van der Waals surface area contributed by atoms with Crippen molar-refractivity contribution in [3.63, 3.8) is 0 Å². The molecule has 1 saturated heterocycles. The van der Waals surface area contributed by atoms with E-state index in [9.17, 15) is 0 Å². The molecule has 1 atom stereocenters. The summed E-state index contributed by atoms with van der Waals surface area (Å²) in [5.41, 5.74) is 7.97. The number of likely N-dealkylation sites (N-methyl/N-ethyl adjacent to an activating group) is 2. The maximum atomic E-state index is 9.16. The van der Waals surface area contributed by atoms with E-state index in [1.54, 1.807) is 6.07 Å². The van der Waals surface area contributed by atoms with Gasteiger partial charge in [0, 0.05) is 25.3 Å². The smallest absolute Gasteiger partial charge is 0.101 e. The zero-order chi connectivity index (χ0) is 13.1. The Balaban J connectivity index is 2.13. The number of likely N-dealkylation sites (tertiary alicyclic amines) is 1. The summed E-state index contributed by atoms with van der Waals surface area (Å²) < 4.78 is 0. The largest absolute Gasteiger partial charge is 0.399 e. The lowest BCUT2D eigenvalue weighted by Crippen LogP contribution is -2.36. The first-order chi connectivity index (χ1) is 8.61. The third kappa shape index (κ3) is 2.57. The molecule has 0 amide bonds. The number of nitrogens with two attached hydrogens (primary N) is 1. The Morgan fingerprint density at radius 3 is 2.94 bits per heavy atom. The summed E-state index contributed by atoms with van der Waals surface area (Å²) in [6, 6.07) is 8.33. The van der Waals surface area contributed by atoms with E-state index in [4.69, 9.17) is 11.0 Å². The van der Waals surface area contributed by atoms with Gasteiger partial charge < -0.3 is 15.5 Å². The van der Waals surface area contributed by atoms with Crippen molar-refractivity contribution in [2.45, 2.75) is 18.9 Å². The molecule has 18 heavy (non-hydrogen) atoms. The monoisotopic (exact) mass is 244 g/mol. The van der Waals surface area contributed by atoms with Crippen molar-refractivity contribution >= 4 is 11.4 Å². The zero-order valence-electron chi connectivity index (χ0n) is 11.1. The molecule has 0 aromatic heterocycles. The Labute approximate surface area is 109 Å². The molecule has 2 rings (SSSR count). The molecule has 96 valence electrons. The van der Waals surface area contributed by atoms with Crippen LogP contribution >= 0.6 is 0 Å². The fourth-order valence-corrected chi connectivity index (χ4v) is 2.60. The highest BCUT2D eigenvalue weighted by Crippen LogP contribution is 2.24. The first-order valence-corrected chi connectivity index (χ1v) is 6.33. The second-order valence-electron chi connectivity index (χ2n) is 5.05. The van der Waals surface area contributed by atoms with E-state index in [1.165, 1.54) is 19.4 Å². The molecule has 1 heterocycles. The first kappa shape index (κ1) is 12.7. The molecular weight excluding hydrogens is 224 g/mol. The van der Waals surface area contributed by atoms with Crippen LogP contribution in [0.1, 0.15) is 18.4 Å². The van der Waals surface area contributed by atoms with Gasteiger partial charge in [0.25, 0.3) is 0 Å². The second-order valence-corrected chi connectivity index (χ2v) is 5.05. The zero-order valence-corrected chi connectivity index (χ0v) is 11.1. The number of nitrogen functional groups attached to an aromatic ring is 1. The molecule has 1 aliphatic heterocycles. The van der Waals surface area contributed by atoms with Gasteiger partial charge in [0.05, 0.1) is 11.3 Å². The highest BCUT2D eigenvalue weighted by atomic mass is 15.2. The van der Waals surface area contributed by atoms with Crippen molar-refractivity contribution < 1.29 is 0 Å². The molecular formula is C14H20N4. The average molecular weight is 244 g/mol. The lowest BCUT2D eigenvalue weighted by Gasteiger charge is -2.28. The van der Waals surface area contributed by atoms with E-state index in [0.717, 1.165) is 12.2 Å². The number of benzene rings is 1. The van der Waals surface area contributed by atoms with Crippen LogP contribution in [0.25, 0.3) is 0 Å². The Kier molecular flexibility index (Phi) is 3.73. The van der Waals surface area contributed by atoms with Gasteiger partial charge in [-0.15, -0.1) is 0 Å². The first-order valence-electron chi connectivity index (χ1n) is 6.33. The normalized spacial score (nSPS) is 19.7. The highest BCUT2D eigenvalue weighted by molar-refractivity contribution is 5.64. The van der Waals surface area contributed by atoms with Gasteiger partial charge in [-0.25, -0.2) is 0 Å². The topological polar surface area (TPSA) is 56.3 Å². The standard InChI is InChI=1S/C14H20N4/c1-17-7-3-4-13(17)10-18(2)14-6-5-12(16)8-11(14)9-15/h5-6,8,13H,3-4,7,10,16H2,1-2H3. The molecule has 0 saturated carbocycles. The minimum absolute atomic E-state index is 0.582. The lowest BCUT2D eigenvalue weighted by atomic mass is 10.1. The molecule has 1 unspecified atom stereocenters. The lowest BCUT2D eigenvalue weighted by molar-refractivity contribution is 0.314. The summed E-state index contributed by atoms with van der Waals surface area (Å²) in [5, 5.41) is 9.16. The Bertz CT molecular complexity index is 463. The van der Waals surface area contributed by atoms with Gasteiger partial charge in [-0.05, 0) is 44.6 Å². The Hall–Kier alpha value is -1.73. The number of nitrogens with zero attached hydrogens (tertiary/aromatic N) is 3. The van der Waals surface area contributed by atoms with Crippen molar-refractivity contribution in [1.82, 2.24) is 4.90 Å². The van der Waals surface area contributed by atoms with Crippen LogP contribution in [0.2, 0.25) is 0 Å². The maximum absolute atomic E-state index is 9.16. The van der Waals surface area contributed by atoms with E-state index in [1.807, 2.05) is 19.2 Å². The van der Waals surface area contributed by atoms with Gasteiger partial charge in [-0.2, -0.15) is 5.26 Å². The molecule has 0 aliphatic carbocycles. The van der Waals surface area contributed by atoms with Gasteiger partial charge in [0.1, 0.15) is 6.07 Å². The maximum Gasteiger partial charge on any atom is 0.101 e. The third-order valence-corrected chi connectivity index (χ3v) is 3.71.